The van der Waals surface area contributed by atoms with Gasteiger partial charge in [-0.15, -0.1) is 0 Å². The van der Waals surface area contributed by atoms with E-state index in [4.69, 9.17) is 0 Å². The minimum atomic E-state index is -0.954. The molecule has 0 unspecified atom stereocenters. The van der Waals surface area contributed by atoms with E-state index >= 15 is 0 Å². The predicted octanol–water partition coefficient (Wildman–Crippen LogP) is 2.49. The van der Waals surface area contributed by atoms with Gasteiger partial charge in [-0.2, -0.15) is 0 Å². The van der Waals surface area contributed by atoms with Gasteiger partial charge in [0.2, 0.25) is 0 Å². The van der Waals surface area contributed by atoms with Crippen molar-refractivity contribution in [3.05, 3.63) is 59.7 Å². The summed E-state index contributed by atoms with van der Waals surface area (Å²) >= 11 is 0. The Bertz CT molecular complexity index is 778. The van der Waals surface area contributed by atoms with Gasteiger partial charge in [0.05, 0.1) is 11.1 Å². The van der Waals surface area contributed by atoms with E-state index in [2.05, 4.69) is 9.97 Å². The first-order valence-corrected chi connectivity index (χ1v) is 6.25. The Labute approximate surface area is 115 Å². The zero-order valence-electron chi connectivity index (χ0n) is 10.9. The van der Waals surface area contributed by atoms with Gasteiger partial charge in [-0.05, 0) is 36.8 Å². The number of nitrogens with zero attached hydrogens (tertiary/aromatic N) is 3. The molecule has 0 bridgehead atoms. The second-order valence-electron chi connectivity index (χ2n) is 4.58. The Morgan fingerprint density at radius 2 is 2.00 bits per heavy atom. The van der Waals surface area contributed by atoms with Crippen molar-refractivity contribution in [2.24, 2.45) is 0 Å². The molecule has 0 saturated carbocycles. The summed E-state index contributed by atoms with van der Waals surface area (Å²) in [5, 5.41) is 9.22. The van der Waals surface area contributed by atoms with Crippen molar-refractivity contribution in [3.8, 4) is 0 Å². The molecule has 2 heterocycles. The monoisotopic (exact) mass is 267 g/mol. The fraction of sp³-hybridized carbons (Fsp3) is 0.133. The first-order valence-electron chi connectivity index (χ1n) is 6.25. The number of carboxylic acid groups (broad SMARTS) is 1. The minimum absolute atomic E-state index is 0.235. The molecule has 0 spiro atoms. The van der Waals surface area contributed by atoms with Crippen LogP contribution in [0, 0.1) is 6.92 Å². The molecule has 0 amide bonds. The van der Waals surface area contributed by atoms with Gasteiger partial charge in [-0.25, -0.2) is 9.78 Å². The topological polar surface area (TPSA) is 68.0 Å². The van der Waals surface area contributed by atoms with Gasteiger partial charge < -0.3 is 9.67 Å². The molecule has 5 heteroatoms. The molecule has 0 radical (unpaired) electrons. The highest BCUT2D eigenvalue weighted by atomic mass is 16.4. The maximum Gasteiger partial charge on any atom is 0.337 e. The van der Waals surface area contributed by atoms with E-state index in [0.29, 0.717) is 12.1 Å². The highest BCUT2D eigenvalue weighted by molar-refractivity contribution is 6.01. The summed E-state index contributed by atoms with van der Waals surface area (Å²) in [5.41, 5.74) is 2.70. The Kier molecular flexibility index (Phi) is 2.95. The van der Waals surface area contributed by atoms with Crippen molar-refractivity contribution in [2.75, 3.05) is 0 Å². The number of carbonyl (C=O) groups is 1. The van der Waals surface area contributed by atoms with Crippen LogP contribution >= 0.6 is 0 Å². The molecule has 3 rings (SSSR count). The predicted molar refractivity (Wildman–Crippen MR) is 74.8 cm³/mol. The van der Waals surface area contributed by atoms with Gasteiger partial charge in [0.1, 0.15) is 11.3 Å². The van der Waals surface area contributed by atoms with Gasteiger partial charge in [0.15, 0.2) is 0 Å². The van der Waals surface area contributed by atoms with Crippen LogP contribution in [0.5, 0.6) is 0 Å². The summed E-state index contributed by atoms with van der Waals surface area (Å²) in [6, 6.07) is 9.09. The number of aromatic nitrogens is 3. The third-order valence-corrected chi connectivity index (χ3v) is 3.29. The molecule has 0 atom stereocenters. The van der Waals surface area contributed by atoms with E-state index in [0.717, 1.165) is 16.9 Å². The first kappa shape index (κ1) is 12.3. The Hall–Kier alpha value is -2.69. The maximum atomic E-state index is 11.2. The molecule has 3 aromatic rings. The lowest BCUT2D eigenvalue weighted by atomic mass is 10.2. The summed E-state index contributed by atoms with van der Waals surface area (Å²) in [6.07, 6.45) is 3.49. The first-order chi connectivity index (χ1) is 9.66. The molecule has 1 aromatic carbocycles. The molecule has 0 aliphatic heterocycles. The summed E-state index contributed by atoms with van der Waals surface area (Å²) in [4.78, 5) is 19.6. The number of carboxylic acids is 1. The molecule has 1 N–H and O–H groups in total. The Balaban J connectivity index is 2.14. The number of para-hydroxylation sites is 1. The van der Waals surface area contributed by atoms with Crippen LogP contribution in [-0.4, -0.2) is 25.6 Å². The van der Waals surface area contributed by atoms with Gasteiger partial charge in [-0.1, -0.05) is 6.07 Å². The van der Waals surface area contributed by atoms with E-state index < -0.39 is 5.97 Å². The smallest absolute Gasteiger partial charge is 0.337 e. The second-order valence-corrected chi connectivity index (χ2v) is 4.58. The van der Waals surface area contributed by atoms with Crippen LogP contribution in [-0.2, 0) is 6.54 Å². The highest BCUT2D eigenvalue weighted by Gasteiger charge is 2.14. The van der Waals surface area contributed by atoms with Gasteiger partial charge in [-0.3, -0.25) is 4.98 Å². The zero-order valence-corrected chi connectivity index (χ0v) is 10.9. The number of benzene rings is 1. The summed E-state index contributed by atoms with van der Waals surface area (Å²) in [5.74, 6) is -0.158. The van der Waals surface area contributed by atoms with Crippen LogP contribution in [0.4, 0.5) is 0 Å². The molecular formula is C15H13N3O2. The highest BCUT2D eigenvalue weighted by Crippen LogP contribution is 2.21. The van der Waals surface area contributed by atoms with Crippen LogP contribution in [0.1, 0.15) is 21.7 Å². The van der Waals surface area contributed by atoms with E-state index in [1.165, 1.54) is 0 Å². The molecular weight excluding hydrogens is 254 g/mol. The third kappa shape index (κ3) is 2.03. The average Bonchev–Trinajstić information content (AvgIpc) is 2.76. The van der Waals surface area contributed by atoms with E-state index in [9.17, 15) is 9.90 Å². The van der Waals surface area contributed by atoms with Gasteiger partial charge in [0, 0.05) is 18.9 Å². The van der Waals surface area contributed by atoms with Gasteiger partial charge in [0.25, 0.3) is 0 Å². The summed E-state index contributed by atoms with van der Waals surface area (Å²) < 4.78 is 2.01. The fourth-order valence-electron chi connectivity index (χ4n) is 2.31. The number of rotatable bonds is 3. The second kappa shape index (κ2) is 4.77. The lowest BCUT2D eigenvalue weighted by molar-refractivity contribution is 0.0699. The standard InChI is InChI=1S/C15H13N3O2/c1-10-17-14-12(15(19)20)3-2-4-13(14)18(10)9-11-5-7-16-8-6-11/h2-8H,9H2,1H3,(H,19,20). The van der Waals surface area contributed by atoms with Crippen LogP contribution in [0.2, 0.25) is 0 Å². The van der Waals surface area contributed by atoms with Crippen molar-refractivity contribution in [1.29, 1.82) is 0 Å². The van der Waals surface area contributed by atoms with E-state index in [1.807, 2.05) is 29.7 Å². The molecule has 0 aliphatic rings. The molecule has 20 heavy (non-hydrogen) atoms. The van der Waals surface area contributed by atoms with Crippen molar-refractivity contribution in [2.45, 2.75) is 13.5 Å². The number of aryl methyl sites for hydroxylation is 1. The molecule has 100 valence electrons. The normalized spacial score (nSPS) is 10.8. The quantitative estimate of drug-likeness (QED) is 0.791. The molecule has 2 aromatic heterocycles. The van der Waals surface area contributed by atoms with Crippen molar-refractivity contribution >= 4 is 17.0 Å². The molecule has 0 saturated heterocycles. The number of aromatic carboxylic acids is 1. The van der Waals surface area contributed by atoms with Crippen molar-refractivity contribution < 1.29 is 9.90 Å². The minimum Gasteiger partial charge on any atom is -0.478 e. The summed E-state index contributed by atoms with van der Waals surface area (Å²) in [6.45, 7) is 2.53. The van der Waals surface area contributed by atoms with Crippen LogP contribution in [0.25, 0.3) is 11.0 Å². The maximum absolute atomic E-state index is 11.2. The van der Waals surface area contributed by atoms with Crippen LogP contribution in [0.3, 0.4) is 0 Å². The molecule has 0 aliphatic carbocycles. The fourth-order valence-corrected chi connectivity index (χ4v) is 2.31. The number of pyridine rings is 1. The van der Waals surface area contributed by atoms with Crippen LogP contribution in [0.15, 0.2) is 42.7 Å². The lowest BCUT2D eigenvalue weighted by Crippen LogP contribution is -2.02. The van der Waals surface area contributed by atoms with E-state index in [1.54, 1.807) is 24.5 Å². The van der Waals surface area contributed by atoms with Crippen molar-refractivity contribution in [1.82, 2.24) is 14.5 Å². The lowest BCUT2D eigenvalue weighted by Gasteiger charge is -2.06. The molecule has 5 nitrogen and oxygen atoms in total. The SMILES string of the molecule is Cc1nc2c(C(=O)O)cccc2n1Cc1ccncc1. The molecule has 0 fully saturated rings. The number of hydrogen-bond donors (Lipinski definition) is 1. The van der Waals surface area contributed by atoms with Crippen LogP contribution < -0.4 is 0 Å². The summed E-state index contributed by atoms with van der Waals surface area (Å²) in [7, 11) is 0. The Morgan fingerprint density at radius 1 is 1.25 bits per heavy atom. The number of fused-ring (bicyclic) bond motifs is 1. The van der Waals surface area contributed by atoms with E-state index in [-0.39, 0.29) is 5.56 Å². The van der Waals surface area contributed by atoms with Gasteiger partial charge >= 0.3 is 5.97 Å². The van der Waals surface area contributed by atoms with Crippen molar-refractivity contribution in [3.63, 3.8) is 0 Å². The Morgan fingerprint density at radius 3 is 2.70 bits per heavy atom. The third-order valence-electron chi connectivity index (χ3n) is 3.29. The zero-order chi connectivity index (χ0) is 14.1. The average molecular weight is 267 g/mol. The number of hydrogen-bond acceptors (Lipinski definition) is 3. The largest absolute Gasteiger partial charge is 0.478 e. The number of imidazole rings is 1.